The molecular weight excluding hydrogens is 218 g/mol. The molecule has 5 nitrogen and oxygen atoms in total. The van der Waals surface area contributed by atoms with Crippen LogP contribution in [-0.2, 0) is 24.8 Å². The van der Waals surface area contributed by atoms with Gasteiger partial charge in [0.1, 0.15) is 5.54 Å². The van der Waals surface area contributed by atoms with Crippen LogP contribution in [0.3, 0.4) is 0 Å². The molecule has 1 N–H and O–H groups in total. The van der Waals surface area contributed by atoms with Gasteiger partial charge in [-0.2, -0.15) is 5.10 Å². The molecule has 1 aromatic heterocycles. The van der Waals surface area contributed by atoms with Crippen molar-refractivity contribution in [1.29, 1.82) is 0 Å². The Bertz CT molecular complexity index is 410. The normalized spacial score (nSPS) is 12.1. The number of likely N-dealkylation sites (N-methyl/N-ethyl adjacent to an activating group) is 1. The number of carboxylic acid groups (broad SMARTS) is 1. The average Bonchev–Trinajstić information content (AvgIpc) is 2.59. The van der Waals surface area contributed by atoms with E-state index >= 15 is 0 Å². The van der Waals surface area contributed by atoms with Gasteiger partial charge in [-0.05, 0) is 33.4 Å². The lowest BCUT2D eigenvalue weighted by atomic mass is 10.0. The molecule has 0 aliphatic heterocycles. The standard InChI is InChI=1S/C12H21N3O2/c1-6-9-7-10(15(5)13-9)8-14(4)12(2,3)11(16)17/h7H,6,8H2,1-5H3,(H,16,17). The van der Waals surface area contributed by atoms with Crippen LogP contribution in [0.25, 0.3) is 0 Å². The van der Waals surface area contributed by atoms with Crippen molar-refractivity contribution in [2.45, 2.75) is 39.3 Å². The molecule has 0 amide bonds. The molecule has 0 spiro atoms. The van der Waals surface area contributed by atoms with Gasteiger partial charge < -0.3 is 5.11 Å². The van der Waals surface area contributed by atoms with Crippen molar-refractivity contribution in [3.05, 3.63) is 17.5 Å². The van der Waals surface area contributed by atoms with Crippen LogP contribution in [-0.4, -0.2) is 38.3 Å². The Kier molecular flexibility index (Phi) is 3.93. The zero-order valence-electron chi connectivity index (χ0n) is 11.2. The fourth-order valence-electron chi connectivity index (χ4n) is 1.50. The highest BCUT2D eigenvalue weighted by atomic mass is 16.4. The fraction of sp³-hybridized carbons (Fsp3) is 0.667. The molecule has 0 aromatic carbocycles. The van der Waals surface area contributed by atoms with E-state index in [-0.39, 0.29) is 0 Å². The van der Waals surface area contributed by atoms with E-state index in [1.807, 2.05) is 29.7 Å². The van der Waals surface area contributed by atoms with Crippen molar-refractivity contribution in [2.24, 2.45) is 7.05 Å². The van der Waals surface area contributed by atoms with E-state index in [2.05, 4.69) is 12.0 Å². The van der Waals surface area contributed by atoms with Gasteiger partial charge in [-0.1, -0.05) is 6.92 Å². The summed E-state index contributed by atoms with van der Waals surface area (Å²) >= 11 is 0. The number of aromatic nitrogens is 2. The Morgan fingerprint density at radius 2 is 2.18 bits per heavy atom. The molecule has 0 saturated carbocycles. The highest BCUT2D eigenvalue weighted by Gasteiger charge is 2.32. The minimum absolute atomic E-state index is 0.572. The number of carboxylic acids is 1. The molecule has 0 unspecified atom stereocenters. The molecule has 5 heteroatoms. The maximum Gasteiger partial charge on any atom is 0.323 e. The van der Waals surface area contributed by atoms with Crippen LogP contribution in [0.4, 0.5) is 0 Å². The second kappa shape index (κ2) is 4.87. The predicted molar refractivity (Wildman–Crippen MR) is 65.8 cm³/mol. The summed E-state index contributed by atoms with van der Waals surface area (Å²) in [5.74, 6) is -0.821. The molecular formula is C12H21N3O2. The smallest absolute Gasteiger partial charge is 0.323 e. The second-order valence-electron chi connectivity index (χ2n) is 4.82. The summed E-state index contributed by atoms with van der Waals surface area (Å²) < 4.78 is 1.81. The van der Waals surface area contributed by atoms with E-state index in [4.69, 9.17) is 5.11 Å². The lowest BCUT2D eigenvalue weighted by molar-refractivity contribution is -0.148. The number of aryl methyl sites for hydroxylation is 2. The van der Waals surface area contributed by atoms with Gasteiger partial charge >= 0.3 is 5.97 Å². The van der Waals surface area contributed by atoms with Crippen molar-refractivity contribution >= 4 is 5.97 Å². The highest BCUT2D eigenvalue weighted by molar-refractivity contribution is 5.77. The summed E-state index contributed by atoms with van der Waals surface area (Å²) in [5, 5.41) is 13.5. The summed E-state index contributed by atoms with van der Waals surface area (Å²) in [6.45, 7) is 6.03. The van der Waals surface area contributed by atoms with Crippen LogP contribution in [0.15, 0.2) is 6.07 Å². The Morgan fingerprint density at radius 3 is 2.59 bits per heavy atom. The zero-order valence-corrected chi connectivity index (χ0v) is 11.2. The van der Waals surface area contributed by atoms with E-state index < -0.39 is 11.5 Å². The summed E-state index contributed by atoms with van der Waals surface area (Å²) in [5.41, 5.74) is 1.18. The van der Waals surface area contributed by atoms with Crippen LogP contribution < -0.4 is 0 Å². The fourth-order valence-corrected chi connectivity index (χ4v) is 1.50. The average molecular weight is 239 g/mol. The lowest BCUT2D eigenvalue weighted by Gasteiger charge is -2.31. The minimum atomic E-state index is -0.878. The van der Waals surface area contributed by atoms with Gasteiger partial charge in [0.05, 0.1) is 11.4 Å². The summed E-state index contributed by atoms with van der Waals surface area (Å²) in [7, 11) is 3.70. The number of aliphatic carboxylic acids is 1. The van der Waals surface area contributed by atoms with Gasteiger partial charge in [-0.15, -0.1) is 0 Å². The topological polar surface area (TPSA) is 58.4 Å². The van der Waals surface area contributed by atoms with Gasteiger partial charge in [0.25, 0.3) is 0 Å². The molecule has 0 radical (unpaired) electrons. The van der Waals surface area contributed by atoms with Crippen molar-refractivity contribution in [2.75, 3.05) is 7.05 Å². The SMILES string of the molecule is CCc1cc(CN(C)C(C)(C)C(=O)O)n(C)n1. The van der Waals surface area contributed by atoms with Crippen molar-refractivity contribution in [3.63, 3.8) is 0 Å². The largest absolute Gasteiger partial charge is 0.480 e. The number of hydrogen-bond donors (Lipinski definition) is 1. The third-order valence-electron chi connectivity index (χ3n) is 3.27. The third-order valence-corrected chi connectivity index (χ3v) is 3.27. The predicted octanol–water partition coefficient (Wildman–Crippen LogP) is 1.28. The molecule has 0 aliphatic rings. The minimum Gasteiger partial charge on any atom is -0.480 e. The lowest BCUT2D eigenvalue weighted by Crippen LogP contribution is -2.47. The molecule has 0 saturated heterocycles. The first-order valence-electron chi connectivity index (χ1n) is 5.75. The van der Waals surface area contributed by atoms with Gasteiger partial charge in [-0.3, -0.25) is 14.4 Å². The Morgan fingerprint density at radius 1 is 1.59 bits per heavy atom. The molecule has 0 aliphatic carbocycles. The van der Waals surface area contributed by atoms with Crippen LogP contribution in [0.5, 0.6) is 0 Å². The maximum absolute atomic E-state index is 11.1. The van der Waals surface area contributed by atoms with Gasteiger partial charge in [0, 0.05) is 13.6 Å². The molecule has 1 aromatic rings. The molecule has 0 bridgehead atoms. The van der Waals surface area contributed by atoms with Crippen molar-refractivity contribution in [1.82, 2.24) is 14.7 Å². The van der Waals surface area contributed by atoms with Crippen LogP contribution in [0.2, 0.25) is 0 Å². The maximum atomic E-state index is 11.1. The van der Waals surface area contributed by atoms with Crippen LogP contribution >= 0.6 is 0 Å². The van der Waals surface area contributed by atoms with Crippen LogP contribution in [0.1, 0.15) is 32.2 Å². The number of hydrogen-bond acceptors (Lipinski definition) is 3. The molecule has 17 heavy (non-hydrogen) atoms. The zero-order chi connectivity index (χ0) is 13.2. The monoisotopic (exact) mass is 239 g/mol. The Labute approximate surface area is 102 Å². The summed E-state index contributed by atoms with van der Waals surface area (Å²) in [6, 6.07) is 2.02. The Balaban J connectivity index is 2.84. The van der Waals surface area contributed by atoms with Gasteiger partial charge in [0.15, 0.2) is 0 Å². The molecule has 1 rings (SSSR count). The Hall–Kier alpha value is -1.36. The van der Waals surface area contributed by atoms with E-state index in [1.165, 1.54) is 0 Å². The van der Waals surface area contributed by atoms with Gasteiger partial charge in [0.2, 0.25) is 0 Å². The number of rotatable bonds is 5. The third kappa shape index (κ3) is 2.85. The van der Waals surface area contributed by atoms with E-state index in [0.717, 1.165) is 17.8 Å². The van der Waals surface area contributed by atoms with Crippen LogP contribution in [0, 0.1) is 0 Å². The molecule has 1 heterocycles. The molecule has 96 valence electrons. The number of nitrogens with zero attached hydrogens (tertiary/aromatic N) is 3. The van der Waals surface area contributed by atoms with E-state index in [0.29, 0.717) is 6.54 Å². The summed E-state index contributed by atoms with van der Waals surface area (Å²) in [4.78, 5) is 12.9. The van der Waals surface area contributed by atoms with Crippen molar-refractivity contribution < 1.29 is 9.90 Å². The molecule has 0 fully saturated rings. The van der Waals surface area contributed by atoms with E-state index in [9.17, 15) is 4.79 Å². The first-order chi connectivity index (χ1) is 7.78. The molecule has 0 atom stereocenters. The summed E-state index contributed by atoms with van der Waals surface area (Å²) in [6.07, 6.45) is 0.889. The highest BCUT2D eigenvalue weighted by Crippen LogP contribution is 2.16. The quantitative estimate of drug-likeness (QED) is 0.841. The van der Waals surface area contributed by atoms with E-state index in [1.54, 1.807) is 13.8 Å². The first kappa shape index (κ1) is 13.7. The first-order valence-corrected chi connectivity index (χ1v) is 5.75. The van der Waals surface area contributed by atoms with Crippen molar-refractivity contribution in [3.8, 4) is 0 Å². The second-order valence-corrected chi connectivity index (χ2v) is 4.82. The number of carbonyl (C=O) groups is 1. The van der Waals surface area contributed by atoms with Gasteiger partial charge in [-0.25, -0.2) is 0 Å².